The molecule has 1 N–H and O–H groups in total. The second-order valence-corrected chi connectivity index (χ2v) is 6.04. The van der Waals surface area contributed by atoms with E-state index in [1.807, 2.05) is 11.8 Å². The van der Waals surface area contributed by atoms with Gasteiger partial charge in [-0.05, 0) is 45.3 Å². The van der Waals surface area contributed by atoms with E-state index < -0.39 is 0 Å². The lowest BCUT2D eigenvalue weighted by atomic mass is 9.97. The summed E-state index contributed by atoms with van der Waals surface area (Å²) in [5.74, 6) is 1.00. The predicted molar refractivity (Wildman–Crippen MR) is 79.7 cm³/mol. The molecular formula is C15H29N3O2. The number of rotatable bonds is 5. The van der Waals surface area contributed by atoms with Crippen molar-refractivity contribution in [3.63, 3.8) is 0 Å². The van der Waals surface area contributed by atoms with Crippen molar-refractivity contribution in [3.8, 4) is 0 Å². The van der Waals surface area contributed by atoms with Gasteiger partial charge >= 0.3 is 0 Å². The third-order valence-corrected chi connectivity index (χ3v) is 4.37. The highest BCUT2D eigenvalue weighted by atomic mass is 16.5. The maximum Gasteiger partial charge on any atom is 0.236 e. The lowest BCUT2D eigenvalue weighted by Gasteiger charge is -2.34. The fourth-order valence-corrected chi connectivity index (χ4v) is 3.07. The number of piperidine rings is 1. The minimum absolute atomic E-state index is 0.173. The molecule has 5 nitrogen and oxygen atoms in total. The van der Waals surface area contributed by atoms with Crippen LogP contribution in [0.4, 0.5) is 0 Å². The topological polar surface area (TPSA) is 44.8 Å². The maximum atomic E-state index is 12.4. The van der Waals surface area contributed by atoms with Crippen LogP contribution >= 0.6 is 0 Å². The summed E-state index contributed by atoms with van der Waals surface area (Å²) in [6, 6.07) is 0. The summed E-state index contributed by atoms with van der Waals surface area (Å²) in [5, 5.41) is 3.40. The molecule has 2 aliphatic rings. The van der Waals surface area contributed by atoms with E-state index in [2.05, 4.69) is 17.1 Å². The second kappa shape index (κ2) is 7.96. The quantitative estimate of drug-likeness (QED) is 0.800. The highest BCUT2D eigenvalue weighted by Gasteiger charge is 2.24. The van der Waals surface area contributed by atoms with Gasteiger partial charge in [0.1, 0.15) is 0 Å². The van der Waals surface area contributed by atoms with Crippen LogP contribution in [0, 0.1) is 5.92 Å². The third kappa shape index (κ3) is 4.72. The van der Waals surface area contributed by atoms with E-state index in [4.69, 9.17) is 4.74 Å². The summed E-state index contributed by atoms with van der Waals surface area (Å²) >= 11 is 0. The lowest BCUT2D eigenvalue weighted by molar-refractivity contribution is -0.139. The van der Waals surface area contributed by atoms with Gasteiger partial charge in [-0.3, -0.25) is 9.69 Å². The lowest BCUT2D eigenvalue weighted by Crippen LogP contribution is -2.49. The molecular weight excluding hydrogens is 254 g/mol. The Labute approximate surface area is 122 Å². The van der Waals surface area contributed by atoms with Gasteiger partial charge in [-0.25, -0.2) is 0 Å². The van der Waals surface area contributed by atoms with Gasteiger partial charge < -0.3 is 15.0 Å². The maximum absolute atomic E-state index is 12.4. The molecule has 0 aromatic carbocycles. The van der Waals surface area contributed by atoms with Crippen molar-refractivity contribution in [3.05, 3.63) is 0 Å². The van der Waals surface area contributed by atoms with Crippen molar-refractivity contribution in [2.24, 2.45) is 5.92 Å². The molecule has 0 aliphatic carbocycles. The average molecular weight is 283 g/mol. The minimum Gasteiger partial charge on any atom is -0.375 e. The van der Waals surface area contributed by atoms with Crippen molar-refractivity contribution >= 4 is 5.91 Å². The number of carbonyl (C=O) groups excluding carboxylic acids is 1. The first kappa shape index (κ1) is 15.7. The number of amides is 1. The molecule has 0 bridgehead atoms. The van der Waals surface area contributed by atoms with Crippen LogP contribution < -0.4 is 5.32 Å². The van der Waals surface area contributed by atoms with Gasteiger partial charge in [0, 0.05) is 19.6 Å². The Morgan fingerprint density at radius 3 is 2.80 bits per heavy atom. The summed E-state index contributed by atoms with van der Waals surface area (Å²) in [6.07, 6.45) is 2.64. The van der Waals surface area contributed by atoms with Crippen molar-refractivity contribution in [1.29, 1.82) is 0 Å². The first-order valence-electron chi connectivity index (χ1n) is 8.01. The van der Waals surface area contributed by atoms with Gasteiger partial charge in [-0.1, -0.05) is 6.92 Å². The first-order valence-corrected chi connectivity index (χ1v) is 8.01. The number of likely N-dealkylation sites (N-methyl/N-ethyl adjacent to an activating group) is 1. The Hall–Kier alpha value is -0.650. The fourth-order valence-electron chi connectivity index (χ4n) is 3.07. The molecule has 2 aliphatic heterocycles. The van der Waals surface area contributed by atoms with Gasteiger partial charge in [0.2, 0.25) is 5.91 Å². The second-order valence-electron chi connectivity index (χ2n) is 6.04. The largest absolute Gasteiger partial charge is 0.375 e. The number of ether oxygens (including phenoxy) is 1. The molecule has 1 atom stereocenters. The summed E-state index contributed by atoms with van der Waals surface area (Å²) in [5.41, 5.74) is 0. The van der Waals surface area contributed by atoms with Crippen LogP contribution in [0.15, 0.2) is 0 Å². The molecule has 0 aromatic rings. The van der Waals surface area contributed by atoms with Crippen LogP contribution in [-0.2, 0) is 9.53 Å². The molecule has 0 aromatic heterocycles. The Bertz CT molecular complexity index is 305. The third-order valence-electron chi connectivity index (χ3n) is 4.37. The van der Waals surface area contributed by atoms with Crippen LogP contribution in [0.1, 0.15) is 26.7 Å². The van der Waals surface area contributed by atoms with E-state index in [9.17, 15) is 4.79 Å². The number of carbonyl (C=O) groups is 1. The van der Waals surface area contributed by atoms with Crippen molar-refractivity contribution in [2.45, 2.75) is 32.8 Å². The molecule has 1 unspecified atom stereocenters. The monoisotopic (exact) mass is 283 g/mol. The molecule has 0 radical (unpaired) electrons. The van der Waals surface area contributed by atoms with E-state index in [0.717, 1.165) is 45.2 Å². The van der Waals surface area contributed by atoms with Gasteiger partial charge in [0.15, 0.2) is 0 Å². The van der Waals surface area contributed by atoms with Crippen LogP contribution in [0.5, 0.6) is 0 Å². The molecule has 2 saturated heterocycles. The predicted octanol–water partition coefficient (Wildman–Crippen LogP) is 0.555. The zero-order valence-electron chi connectivity index (χ0n) is 12.9. The van der Waals surface area contributed by atoms with Crippen LogP contribution in [0.25, 0.3) is 0 Å². The fraction of sp³-hybridized carbons (Fsp3) is 0.933. The van der Waals surface area contributed by atoms with Crippen molar-refractivity contribution in [1.82, 2.24) is 15.1 Å². The summed E-state index contributed by atoms with van der Waals surface area (Å²) in [7, 11) is 0. The van der Waals surface area contributed by atoms with E-state index in [1.54, 1.807) is 0 Å². The van der Waals surface area contributed by atoms with E-state index in [1.165, 1.54) is 12.8 Å². The molecule has 5 heteroatoms. The Kier molecular flexibility index (Phi) is 6.26. The molecule has 116 valence electrons. The molecule has 0 spiro atoms. The summed E-state index contributed by atoms with van der Waals surface area (Å²) in [4.78, 5) is 16.6. The molecule has 1 amide bonds. The SMILES string of the molecule is CCN(CC(=O)N1CCOC(C)C1)CC1CCNCC1. The molecule has 2 rings (SSSR count). The summed E-state index contributed by atoms with van der Waals surface area (Å²) in [6.45, 7) is 11.2. The van der Waals surface area contributed by atoms with E-state index in [0.29, 0.717) is 13.2 Å². The molecule has 2 heterocycles. The molecule has 20 heavy (non-hydrogen) atoms. The Morgan fingerprint density at radius 1 is 1.40 bits per heavy atom. The first-order chi connectivity index (χ1) is 9.69. The van der Waals surface area contributed by atoms with E-state index in [-0.39, 0.29) is 12.0 Å². The highest BCUT2D eigenvalue weighted by Crippen LogP contribution is 2.14. The molecule has 2 fully saturated rings. The number of hydrogen-bond donors (Lipinski definition) is 1. The van der Waals surface area contributed by atoms with Crippen LogP contribution in [0.3, 0.4) is 0 Å². The smallest absolute Gasteiger partial charge is 0.236 e. The zero-order valence-corrected chi connectivity index (χ0v) is 12.9. The standard InChI is InChI=1S/C15H29N3O2/c1-3-17(11-14-4-6-16-7-5-14)12-15(19)18-8-9-20-13(2)10-18/h13-14,16H,3-12H2,1-2H3. The van der Waals surface area contributed by atoms with Gasteiger partial charge in [0.05, 0.1) is 19.3 Å². The number of nitrogens with one attached hydrogen (secondary N) is 1. The Balaban J connectivity index is 1.77. The van der Waals surface area contributed by atoms with Gasteiger partial charge in [-0.15, -0.1) is 0 Å². The number of morpholine rings is 1. The van der Waals surface area contributed by atoms with Crippen LogP contribution in [-0.4, -0.2) is 74.2 Å². The summed E-state index contributed by atoms with van der Waals surface area (Å²) < 4.78 is 5.50. The van der Waals surface area contributed by atoms with Gasteiger partial charge in [0.25, 0.3) is 0 Å². The van der Waals surface area contributed by atoms with Crippen molar-refractivity contribution in [2.75, 3.05) is 52.4 Å². The van der Waals surface area contributed by atoms with Crippen LogP contribution in [0.2, 0.25) is 0 Å². The number of nitrogens with zero attached hydrogens (tertiary/aromatic N) is 2. The van der Waals surface area contributed by atoms with Gasteiger partial charge in [-0.2, -0.15) is 0 Å². The highest BCUT2D eigenvalue weighted by molar-refractivity contribution is 5.78. The minimum atomic E-state index is 0.173. The normalized spacial score (nSPS) is 25.1. The molecule has 0 saturated carbocycles. The zero-order chi connectivity index (χ0) is 14.4. The average Bonchev–Trinajstić information content (AvgIpc) is 2.47. The van der Waals surface area contributed by atoms with E-state index >= 15 is 0 Å². The number of hydrogen-bond acceptors (Lipinski definition) is 4. The Morgan fingerprint density at radius 2 is 2.15 bits per heavy atom. The van der Waals surface area contributed by atoms with Crippen molar-refractivity contribution < 1.29 is 9.53 Å².